The largest absolute Gasteiger partial charge is 0.342 e. The number of hydrogen-bond donors (Lipinski definition) is 1. The Hall–Kier alpha value is -1.01. The van der Waals surface area contributed by atoms with E-state index in [9.17, 15) is 8.42 Å². The molecule has 1 N–H and O–H groups in total. The quantitative estimate of drug-likeness (QED) is 0.889. The Bertz CT molecular complexity index is 571. The third-order valence-corrected chi connectivity index (χ3v) is 6.56. The van der Waals surface area contributed by atoms with Gasteiger partial charge in [-0.15, -0.1) is 0 Å². The molecule has 4 nitrogen and oxygen atoms in total. The lowest BCUT2D eigenvalue weighted by molar-refractivity contribution is 0.349. The van der Waals surface area contributed by atoms with Gasteiger partial charge in [0.1, 0.15) is 0 Å². The van der Waals surface area contributed by atoms with Crippen molar-refractivity contribution in [2.24, 2.45) is 0 Å². The van der Waals surface area contributed by atoms with E-state index in [-0.39, 0.29) is 22.8 Å². The minimum Gasteiger partial charge on any atom is -0.342 e. The monoisotopic (exact) mass is 282 g/mol. The minimum absolute atomic E-state index is 0.0206. The summed E-state index contributed by atoms with van der Waals surface area (Å²) in [5.74, 6) is 0.413. The van der Waals surface area contributed by atoms with Crippen LogP contribution in [0.5, 0.6) is 0 Å². The lowest BCUT2D eigenvalue weighted by Gasteiger charge is -2.23. The molecule has 2 atom stereocenters. The number of amidine groups is 1. The fourth-order valence-corrected chi connectivity index (χ4v) is 6.36. The summed E-state index contributed by atoms with van der Waals surface area (Å²) in [6.07, 6.45) is 0. The van der Waals surface area contributed by atoms with Gasteiger partial charge in [-0.25, -0.2) is 8.42 Å². The molecule has 3 rings (SSSR count). The van der Waals surface area contributed by atoms with Gasteiger partial charge in [0, 0.05) is 11.8 Å². The van der Waals surface area contributed by atoms with Gasteiger partial charge in [-0.05, 0) is 5.56 Å². The predicted molar refractivity (Wildman–Crippen MR) is 73.5 cm³/mol. The minimum atomic E-state index is -2.91. The predicted octanol–water partition coefficient (Wildman–Crippen LogP) is 1.34. The molecule has 1 aromatic rings. The summed E-state index contributed by atoms with van der Waals surface area (Å²) in [5, 5.41) is 8.53. The van der Waals surface area contributed by atoms with Gasteiger partial charge in [0.2, 0.25) is 0 Å². The zero-order valence-corrected chi connectivity index (χ0v) is 11.4. The second-order valence-electron chi connectivity index (χ2n) is 4.72. The third kappa shape index (κ3) is 2.14. The second-order valence-corrected chi connectivity index (χ2v) is 8.10. The van der Waals surface area contributed by atoms with E-state index in [0.717, 1.165) is 5.56 Å². The number of thioether (sulfide) groups is 1. The van der Waals surface area contributed by atoms with Crippen LogP contribution in [0.15, 0.2) is 30.3 Å². The van der Waals surface area contributed by atoms with Crippen molar-refractivity contribution in [1.29, 1.82) is 5.41 Å². The van der Waals surface area contributed by atoms with Gasteiger partial charge in [0.05, 0.1) is 17.5 Å². The average Bonchev–Trinajstić information content (AvgIpc) is 2.74. The Morgan fingerprint density at radius 1 is 1.28 bits per heavy atom. The normalized spacial score (nSPS) is 29.6. The highest BCUT2D eigenvalue weighted by Gasteiger charge is 2.47. The molecule has 0 unspecified atom stereocenters. The van der Waals surface area contributed by atoms with Gasteiger partial charge in [-0.1, -0.05) is 42.1 Å². The first-order valence-corrected chi connectivity index (χ1v) is 8.51. The third-order valence-electron chi connectivity index (χ3n) is 3.39. The van der Waals surface area contributed by atoms with Crippen molar-refractivity contribution in [3.8, 4) is 0 Å². The molecule has 2 heterocycles. The van der Waals surface area contributed by atoms with Crippen LogP contribution in [0.2, 0.25) is 0 Å². The summed E-state index contributed by atoms with van der Waals surface area (Å²) in [7, 11) is -2.91. The fraction of sp³-hybridized carbons (Fsp3) is 0.417. The van der Waals surface area contributed by atoms with Crippen LogP contribution in [-0.2, 0) is 16.4 Å². The van der Waals surface area contributed by atoms with Gasteiger partial charge in [0.25, 0.3) is 0 Å². The number of fused-ring (bicyclic) bond motifs is 1. The lowest BCUT2D eigenvalue weighted by atomic mass is 10.1. The Morgan fingerprint density at radius 3 is 2.72 bits per heavy atom. The van der Waals surface area contributed by atoms with Crippen LogP contribution in [0.4, 0.5) is 0 Å². The highest BCUT2D eigenvalue weighted by atomic mass is 32.2. The number of hydrogen-bond acceptors (Lipinski definition) is 4. The summed E-state index contributed by atoms with van der Waals surface area (Å²) < 4.78 is 23.3. The first kappa shape index (κ1) is 12.0. The SMILES string of the molecule is N=C1S[C@@H]2CS(=O)(=O)C[C@H]2N1Cc1ccccc1. The van der Waals surface area contributed by atoms with E-state index in [2.05, 4.69) is 0 Å². The number of nitrogens with zero attached hydrogens (tertiary/aromatic N) is 1. The summed E-state index contributed by atoms with van der Waals surface area (Å²) in [6.45, 7) is 0.628. The average molecular weight is 282 g/mol. The maximum atomic E-state index is 11.6. The topological polar surface area (TPSA) is 61.2 Å². The second kappa shape index (κ2) is 4.28. The van der Waals surface area contributed by atoms with Gasteiger partial charge in [0.15, 0.2) is 15.0 Å². The first-order valence-electron chi connectivity index (χ1n) is 5.81. The molecule has 0 amide bonds. The van der Waals surface area contributed by atoms with Crippen molar-refractivity contribution < 1.29 is 8.42 Å². The van der Waals surface area contributed by atoms with E-state index in [1.807, 2.05) is 35.2 Å². The van der Waals surface area contributed by atoms with Gasteiger partial charge >= 0.3 is 0 Å². The van der Waals surface area contributed by atoms with Crippen molar-refractivity contribution in [3.63, 3.8) is 0 Å². The molecule has 96 valence electrons. The standard InChI is InChI=1S/C12H14N2O2S2/c13-12-14(6-9-4-2-1-3-5-9)10-7-18(15,16)8-11(10)17-12/h1-5,10-11,13H,6-8H2/t10-,11-/m1/s1. The summed E-state index contributed by atoms with van der Waals surface area (Å²) >= 11 is 1.40. The maximum absolute atomic E-state index is 11.6. The van der Waals surface area contributed by atoms with E-state index < -0.39 is 9.84 Å². The summed E-state index contributed by atoms with van der Waals surface area (Å²) in [6, 6.07) is 9.88. The number of sulfone groups is 1. The maximum Gasteiger partial charge on any atom is 0.157 e. The van der Waals surface area contributed by atoms with Crippen molar-refractivity contribution in [3.05, 3.63) is 35.9 Å². The van der Waals surface area contributed by atoms with Crippen LogP contribution in [-0.4, -0.2) is 41.3 Å². The van der Waals surface area contributed by atoms with E-state index in [0.29, 0.717) is 11.7 Å². The molecule has 2 aliphatic heterocycles. The molecule has 2 aliphatic rings. The fourth-order valence-electron chi connectivity index (χ4n) is 2.53. The highest BCUT2D eigenvalue weighted by molar-refractivity contribution is 8.15. The molecule has 2 saturated heterocycles. The number of rotatable bonds is 2. The molecule has 6 heteroatoms. The Morgan fingerprint density at radius 2 is 2.00 bits per heavy atom. The molecular formula is C12H14N2O2S2. The van der Waals surface area contributed by atoms with Crippen molar-refractivity contribution in [2.45, 2.75) is 17.8 Å². The van der Waals surface area contributed by atoms with E-state index >= 15 is 0 Å². The van der Waals surface area contributed by atoms with Crippen molar-refractivity contribution in [2.75, 3.05) is 11.5 Å². The lowest BCUT2D eigenvalue weighted by Crippen LogP contribution is -2.36. The molecule has 0 spiro atoms. The molecule has 2 fully saturated rings. The van der Waals surface area contributed by atoms with Gasteiger partial charge < -0.3 is 4.90 Å². The molecule has 1 aromatic carbocycles. The first-order chi connectivity index (χ1) is 8.55. The van der Waals surface area contributed by atoms with Crippen LogP contribution in [0.25, 0.3) is 0 Å². The molecule has 0 bridgehead atoms. The van der Waals surface area contributed by atoms with Crippen molar-refractivity contribution >= 4 is 26.8 Å². The van der Waals surface area contributed by atoms with Crippen LogP contribution in [0, 0.1) is 5.41 Å². The van der Waals surface area contributed by atoms with E-state index in [4.69, 9.17) is 5.41 Å². The smallest absolute Gasteiger partial charge is 0.157 e. The highest BCUT2D eigenvalue weighted by Crippen LogP contribution is 2.38. The van der Waals surface area contributed by atoms with Crippen LogP contribution < -0.4 is 0 Å². The number of benzene rings is 1. The molecular weight excluding hydrogens is 268 g/mol. The Labute approximate surface area is 111 Å². The van der Waals surface area contributed by atoms with E-state index in [1.165, 1.54) is 11.8 Å². The van der Waals surface area contributed by atoms with Gasteiger partial charge in [-0.3, -0.25) is 5.41 Å². The molecule has 0 saturated carbocycles. The van der Waals surface area contributed by atoms with Crippen molar-refractivity contribution in [1.82, 2.24) is 4.90 Å². The summed E-state index contributed by atoms with van der Waals surface area (Å²) in [5.41, 5.74) is 1.12. The Kier molecular flexibility index (Phi) is 2.86. The van der Waals surface area contributed by atoms with Crippen LogP contribution >= 0.6 is 11.8 Å². The molecule has 0 radical (unpaired) electrons. The molecule has 0 aromatic heterocycles. The van der Waals surface area contributed by atoms with Crippen LogP contribution in [0.1, 0.15) is 5.56 Å². The summed E-state index contributed by atoms with van der Waals surface area (Å²) in [4.78, 5) is 1.93. The molecule has 18 heavy (non-hydrogen) atoms. The van der Waals surface area contributed by atoms with Crippen LogP contribution in [0.3, 0.4) is 0 Å². The number of nitrogens with one attached hydrogen (secondary N) is 1. The molecule has 0 aliphatic carbocycles. The van der Waals surface area contributed by atoms with E-state index in [1.54, 1.807) is 0 Å². The Balaban J connectivity index is 1.82. The zero-order valence-electron chi connectivity index (χ0n) is 9.74. The van der Waals surface area contributed by atoms with Gasteiger partial charge in [-0.2, -0.15) is 0 Å². The zero-order chi connectivity index (χ0) is 12.8.